The SMILES string of the molecule is CCOC(=O)C(F)[C@H](N)c1cccc(Cl)c1F. The van der Waals surface area contributed by atoms with Crippen molar-refractivity contribution in [2.75, 3.05) is 6.61 Å². The van der Waals surface area contributed by atoms with Crippen molar-refractivity contribution in [2.24, 2.45) is 5.73 Å². The van der Waals surface area contributed by atoms with E-state index in [0.29, 0.717) is 0 Å². The molecular weight excluding hydrogens is 252 g/mol. The number of carbonyl (C=O) groups is 1. The van der Waals surface area contributed by atoms with Gasteiger partial charge >= 0.3 is 5.97 Å². The maximum Gasteiger partial charge on any atom is 0.342 e. The van der Waals surface area contributed by atoms with E-state index in [4.69, 9.17) is 17.3 Å². The van der Waals surface area contributed by atoms with E-state index in [-0.39, 0.29) is 17.2 Å². The zero-order valence-electron chi connectivity index (χ0n) is 9.12. The topological polar surface area (TPSA) is 52.3 Å². The molecule has 0 amide bonds. The smallest absolute Gasteiger partial charge is 0.342 e. The standard InChI is InChI=1S/C11H12ClF2NO2/c1-2-17-11(16)9(14)10(15)6-4-3-5-7(12)8(6)13/h3-5,9-10H,2,15H2,1H3/t9?,10-/m1/s1. The van der Waals surface area contributed by atoms with Crippen LogP contribution in [0.4, 0.5) is 8.78 Å². The molecule has 0 aromatic heterocycles. The summed E-state index contributed by atoms with van der Waals surface area (Å²) in [5.74, 6) is -1.94. The van der Waals surface area contributed by atoms with Crippen LogP contribution < -0.4 is 5.73 Å². The Bertz CT molecular complexity index is 414. The molecule has 17 heavy (non-hydrogen) atoms. The van der Waals surface area contributed by atoms with Crippen molar-refractivity contribution in [3.63, 3.8) is 0 Å². The number of hydrogen-bond acceptors (Lipinski definition) is 3. The van der Waals surface area contributed by atoms with E-state index in [0.717, 1.165) is 0 Å². The molecule has 6 heteroatoms. The van der Waals surface area contributed by atoms with Crippen molar-refractivity contribution in [1.82, 2.24) is 0 Å². The largest absolute Gasteiger partial charge is 0.464 e. The van der Waals surface area contributed by atoms with Gasteiger partial charge in [0, 0.05) is 5.56 Å². The van der Waals surface area contributed by atoms with Gasteiger partial charge < -0.3 is 10.5 Å². The van der Waals surface area contributed by atoms with Gasteiger partial charge in [-0.1, -0.05) is 23.7 Å². The van der Waals surface area contributed by atoms with Gasteiger partial charge in [-0.05, 0) is 13.0 Å². The second-order valence-corrected chi connectivity index (χ2v) is 3.73. The van der Waals surface area contributed by atoms with E-state index >= 15 is 0 Å². The molecule has 1 aromatic rings. The number of hydrogen-bond donors (Lipinski definition) is 1. The predicted octanol–water partition coefficient (Wildman–Crippen LogP) is 2.38. The highest BCUT2D eigenvalue weighted by Crippen LogP contribution is 2.25. The zero-order chi connectivity index (χ0) is 13.0. The first kappa shape index (κ1) is 13.9. The van der Waals surface area contributed by atoms with E-state index in [1.807, 2.05) is 0 Å². The minimum atomic E-state index is -2.12. The minimum absolute atomic E-state index is 0.0317. The van der Waals surface area contributed by atoms with Crippen LogP contribution in [0.2, 0.25) is 5.02 Å². The fourth-order valence-corrected chi connectivity index (χ4v) is 1.49. The molecule has 0 heterocycles. The molecule has 0 aliphatic carbocycles. The van der Waals surface area contributed by atoms with Crippen molar-refractivity contribution >= 4 is 17.6 Å². The summed E-state index contributed by atoms with van der Waals surface area (Å²) >= 11 is 5.53. The Morgan fingerprint density at radius 2 is 2.24 bits per heavy atom. The third-order valence-electron chi connectivity index (χ3n) is 2.17. The normalized spacial score (nSPS) is 14.2. The lowest BCUT2D eigenvalue weighted by molar-refractivity contribution is -0.149. The monoisotopic (exact) mass is 263 g/mol. The van der Waals surface area contributed by atoms with Crippen molar-refractivity contribution in [2.45, 2.75) is 19.1 Å². The average Bonchev–Trinajstić information content (AvgIpc) is 2.31. The molecular formula is C11H12ClF2NO2. The molecule has 0 fully saturated rings. The molecule has 94 valence electrons. The summed E-state index contributed by atoms with van der Waals surface area (Å²) in [6, 6.07) is 2.58. The van der Waals surface area contributed by atoms with E-state index in [1.54, 1.807) is 0 Å². The van der Waals surface area contributed by atoms with Gasteiger partial charge in [0.25, 0.3) is 0 Å². The van der Waals surface area contributed by atoms with Gasteiger partial charge in [-0.15, -0.1) is 0 Å². The number of ether oxygens (including phenoxy) is 1. The highest BCUT2D eigenvalue weighted by Gasteiger charge is 2.30. The molecule has 0 radical (unpaired) electrons. The van der Waals surface area contributed by atoms with Crippen LogP contribution >= 0.6 is 11.6 Å². The third-order valence-corrected chi connectivity index (χ3v) is 2.46. The van der Waals surface area contributed by atoms with Crippen LogP contribution in [0.3, 0.4) is 0 Å². The number of halogens is 3. The second-order valence-electron chi connectivity index (χ2n) is 3.32. The molecule has 0 saturated heterocycles. The molecule has 1 rings (SSSR count). The molecule has 2 atom stereocenters. The van der Waals surface area contributed by atoms with E-state index in [2.05, 4.69) is 4.74 Å². The lowest BCUT2D eigenvalue weighted by Gasteiger charge is -2.16. The first-order valence-electron chi connectivity index (χ1n) is 4.99. The number of alkyl halides is 1. The number of benzene rings is 1. The molecule has 0 saturated carbocycles. The fourth-order valence-electron chi connectivity index (χ4n) is 1.30. The molecule has 1 aromatic carbocycles. The number of rotatable bonds is 4. The summed E-state index contributed by atoms with van der Waals surface area (Å²) in [6.07, 6.45) is -2.12. The highest BCUT2D eigenvalue weighted by atomic mass is 35.5. The molecule has 0 bridgehead atoms. The summed E-state index contributed by atoms with van der Waals surface area (Å²) in [5.41, 5.74) is 5.31. The van der Waals surface area contributed by atoms with Crippen LogP contribution in [0.15, 0.2) is 18.2 Å². The Hall–Kier alpha value is -1.20. The fraction of sp³-hybridized carbons (Fsp3) is 0.364. The summed E-state index contributed by atoms with van der Waals surface area (Å²) in [4.78, 5) is 11.1. The van der Waals surface area contributed by atoms with Gasteiger partial charge in [0.2, 0.25) is 6.17 Å². The summed E-state index contributed by atoms with van der Waals surface area (Å²) in [7, 11) is 0. The van der Waals surface area contributed by atoms with E-state index in [1.165, 1.54) is 25.1 Å². The number of nitrogens with two attached hydrogens (primary N) is 1. The predicted molar refractivity (Wildman–Crippen MR) is 59.9 cm³/mol. The molecule has 0 spiro atoms. The lowest BCUT2D eigenvalue weighted by Crippen LogP contribution is -2.32. The van der Waals surface area contributed by atoms with Crippen LogP contribution in [0.1, 0.15) is 18.5 Å². The minimum Gasteiger partial charge on any atom is -0.464 e. The number of esters is 1. The first-order chi connectivity index (χ1) is 7.99. The van der Waals surface area contributed by atoms with Crippen molar-refractivity contribution < 1.29 is 18.3 Å². The van der Waals surface area contributed by atoms with E-state index in [9.17, 15) is 13.6 Å². The van der Waals surface area contributed by atoms with Gasteiger partial charge in [0.05, 0.1) is 17.7 Å². The summed E-state index contributed by atoms with van der Waals surface area (Å²) < 4.78 is 31.6. The maximum absolute atomic E-state index is 13.6. The second kappa shape index (κ2) is 5.93. The Labute approximate surface area is 103 Å². The maximum atomic E-state index is 13.6. The highest BCUT2D eigenvalue weighted by molar-refractivity contribution is 6.30. The van der Waals surface area contributed by atoms with Crippen LogP contribution in [-0.4, -0.2) is 18.7 Å². The average molecular weight is 264 g/mol. The van der Waals surface area contributed by atoms with Crippen LogP contribution in [0.5, 0.6) is 0 Å². The van der Waals surface area contributed by atoms with Crippen LogP contribution in [0, 0.1) is 5.82 Å². The zero-order valence-corrected chi connectivity index (χ0v) is 9.88. The Morgan fingerprint density at radius 1 is 1.59 bits per heavy atom. The van der Waals surface area contributed by atoms with E-state index < -0.39 is 24.0 Å². The molecule has 0 aliphatic rings. The Kier molecular flexibility index (Phi) is 4.84. The van der Waals surface area contributed by atoms with Gasteiger partial charge in [-0.2, -0.15) is 0 Å². The summed E-state index contributed by atoms with van der Waals surface area (Å²) in [6.45, 7) is 1.57. The van der Waals surface area contributed by atoms with Crippen LogP contribution in [0.25, 0.3) is 0 Å². The van der Waals surface area contributed by atoms with Crippen molar-refractivity contribution in [1.29, 1.82) is 0 Å². The van der Waals surface area contributed by atoms with Crippen molar-refractivity contribution in [3.8, 4) is 0 Å². The van der Waals surface area contributed by atoms with Gasteiger partial charge in [-0.25, -0.2) is 13.6 Å². The van der Waals surface area contributed by atoms with Gasteiger partial charge in [-0.3, -0.25) is 0 Å². The van der Waals surface area contributed by atoms with Crippen LogP contribution in [-0.2, 0) is 9.53 Å². The van der Waals surface area contributed by atoms with Crippen molar-refractivity contribution in [3.05, 3.63) is 34.6 Å². The Morgan fingerprint density at radius 3 is 2.82 bits per heavy atom. The lowest BCUT2D eigenvalue weighted by atomic mass is 10.0. The quantitative estimate of drug-likeness (QED) is 0.849. The molecule has 3 nitrogen and oxygen atoms in total. The molecule has 2 N–H and O–H groups in total. The van der Waals surface area contributed by atoms with Gasteiger partial charge in [0.15, 0.2) is 0 Å². The Balaban J connectivity index is 2.92. The molecule has 1 unspecified atom stereocenters. The number of carbonyl (C=O) groups excluding carboxylic acids is 1. The first-order valence-corrected chi connectivity index (χ1v) is 5.37. The third kappa shape index (κ3) is 3.14. The van der Waals surface area contributed by atoms with Gasteiger partial charge in [0.1, 0.15) is 5.82 Å². The molecule has 0 aliphatic heterocycles. The summed E-state index contributed by atoms with van der Waals surface area (Å²) in [5, 5.41) is -0.172.